The number of benzene rings is 2. The number of anilines is 2. The number of carbonyl (C=O) groups excluding carboxylic acids is 2. The highest BCUT2D eigenvalue weighted by Crippen LogP contribution is 2.27. The van der Waals surface area contributed by atoms with Crippen molar-refractivity contribution >= 4 is 23.3 Å². The number of amides is 1. The predicted octanol–water partition coefficient (Wildman–Crippen LogP) is 2.96. The van der Waals surface area contributed by atoms with Gasteiger partial charge in [-0.1, -0.05) is 36.4 Å². The Morgan fingerprint density at radius 2 is 1.71 bits per heavy atom. The lowest BCUT2D eigenvalue weighted by Gasteiger charge is -2.16. The normalized spacial score (nSPS) is 14.0. The van der Waals surface area contributed by atoms with E-state index in [9.17, 15) is 9.59 Å². The average molecular weight is 322 g/mol. The summed E-state index contributed by atoms with van der Waals surface area (Å²) in [6.45, 7) is 2.20. The van der Waals surface area contributed by atoms with Crippen LogP contribution in [0.5, 0.6) is 0 Å². The van der Waals surface area contributed by atoms with E-state index in [1.807, 2.05) is 60.7 Å². The molecule has 122 valence electrons. The molecule has 0 spiro atoms. The third kappa shape index (κ3) is 3.15. The van der Waals surface area contributed by atoms with Gasteiger partial charge in [0.05, 0.1) is 18.7 Å². The summed E-state index contributed by atoms with van der Waals surface area (Å²) >= 11 is 0. The van der Waals surface area contributed by atoms with Gasteiger partial charge in [-0.25, -0.2) is 4.79 Å². The van der Waals surface area contributed by atoms with E-state index >= 15 is 0 Å². The SMILES string of the molecule is CCOC(=O)C1=C(Nc2ccccc2)C(=O)N(c2ccccc2)C1. The van der Waals surface area contributed by atoms with Gasteiger partial charge in [0.15, 0.2) is 0 Å². The van der Waals surface area contributed by atoms with Crippen LogP contribution < -0.4 is 10.2 Å². The summed E-state index contributed by atoms with van der Waals surface area (Å²) in [4.78, 5) is 26.7. The number of esters is 1. The second kappa shape index (κ2) is 7.00. The zero-order valence-electron chi connectivity index (χ0n) is 13.4. The number of nitrogens with one attached hydrogen (secondary N) is 1. The van der Waals surface area contributed by atoms with Gasteiger partial charge in [-0.15, -0.1) is 0 Å². The molecule has 5 heteroatoms. The Kier molecular flexibility index (Phi) is 4.61. The van der Waals surface area contributed by atoms with Gasteiger partial charge >= 0.3 is 5.97 Å². The van der Waals surface area contributed by atoms with Crippen molar-refractivity contribution in [1.82, 2.24) is 0 Å². The van der Waals surface area contributed by atoms with Crippen molar-refractivity contribution in [2.45, 2.75) is 6.92 Å². The van der Waals surface area contributed by atoms with Crippen LogP contribution in [0.2, 0.25) is 0 Å². The Balaban J connectivity index is 1.93. The van der Waals surface area contributed by atoms with Crippen molar-refractivity contribution in [2.24, 2.45) is 0 Å². The standard InChI is InChI=1S/C19H18N2O3/c1-2-24-19(23)16-13-21(15-11-7-4-8-12-15)18(22)17(16)20-14-9-5-3-6-10-14/h3-12,20H,2,13H2,1H3. The first kappa shape index (κ1) is 15.8. The maximum atomic E-state index is 12.8. The quantitative estimate of drug-likeness (QED) is 0.860. The van der Waals surface area contributed by atoms with E-state index < -0.39 is 5.97 Å². The number of ether oxygens (including phenoxy) is 1. The molecule has 3 rings (SSSR count). The molecule has 0 unspecified atom stereocenters. The van der Waals surface area contributed by atoms with E-state index in [2.05, 4.69) is 5.32 Å². The molecule has 0 bridgehead atoms. The number of rotatable bonds is 5. The van der Waals surface area contributed by atoms with Crippen LogP contribution in [0.1, 0.15) is 6.92 Å². The lowest BCUT2D eigenvalue weighted by Crippen LogP contribution is -2.28. The van der Waals surface area contributed by atoms with Crippen molar-refractivity contribution in [2.75, 3.05) is 23.4 Å². The lowest BCUT2D eigenvalue weighted by molar-refractivity contribution is -0.138. The third-order valence-corrected chi connectivity index (χ3v) is 3.71. The highest BCUT2D eigenvalue weighted by Gasteiger charge is 2.35. The monoisotopic (exact) mass is 322 g/mol. The Morgan fingerprint density at radius 3 is 2.33 bits per heavy atom. The van der Waals surface area contributed by atoms with E-state index in [0.29, 0.717) is 5.57 Å². The summed E-state index contributed by atoms with van der Waals surface area (Å²) in [5.74, 6) is -0.712. The first-order valence-corrected chi connectivity index (χ1v) is 7.80. The fourth-order valence-corrected chi connectivity index (χ4v) is 2.57. The summed E-state index contributed by atoms with van der Waals surface area (Å²) in [5, 5.41) is 3.07. The van der Waals surface area contributed by atoms with Gasteiger partial charge in [-0.2, -0.15) is 0 Å². The van der Waals surface area contributed by atoms with Gasteiger partial charge in [-0.05, 0) is 31.2 Å². The molecule has 0 aromatic heterocycles. The molecule has 1 amide bonds. The van der Waals surface area contributed by atoms with Crippen LogP contribution in [0.25, 0.3) is 0 Å². The molecule has 0 saturated heterocycles. The molecular weight excluding hydrogens is 304 g/mol. The second-order valence-corrected chi connectivity index (χ2v) is 5.29. The van der Waals surface area contributed by atoms with Gasteiger partial charge in [0.25, 0.3) is 5.91 Å². The first-order valence-electron chi connectivity index (χ1n) is 7.80. The molecular formula is C19H18N2O3. The van der Waals surface area contributed by atoms with Gasteiger partial charge in [0.1, 0.15) is 5.70 Å². The van der Waals surface area contributed by atoms with Crippen molar-refractivity contribution in [3.05, 3.63) is 71.9 Å². The Labute approximate surface area is 140 Å². The van der Waals surface area contributed by atoms with Crippen LogP contribution in [0.3, 0.4) is 0 Å². The average Bonchev–Trinajstić information content (AvgIpc) is 2.94. The zero-order valence-corrected chi connectivity index (χ0v) is 13.4. The Bertz CT molecular complexity index is 770. The predicted molar refractivity (Wildman–Crippen MR) is 92.5 cm³/mol. The molecule has 0 saturated carbocycles. The van der Waals surface area contributed by atoms with Crippen LogP contribution in [0, 0.1) is 0 Å². The van der Waals surface area contributed by atoms with Crippen LogP contribution in [-0.4, -0.2) is 25.0 Å². The first-order chi connectivity index (χ1) is 11.7. The molecule has 0 aliphatic carbocycles. The molecule has 0 atom stereocenters. The Hall–Kier alpha value is -3.08. The molecule has 1 aliphatic heterocycles. The molecule has 2 aromatic rings. The van der Waals surface area contributed by atoms with E-state index in [1.165, 1.54) is 0 Å². The minimum atomic E-state index is -0.470. The van der Waals surface area contributed by atoms with E-state index in [-0.39, 0.29) is 24.8 Å². The smallest absolute Gasteiger partial charge is 0.338 e. The molecule has 2 aromatic carbocycles. The summed E-state index contributed by atoms with van der Waals surface area (Å²) in [6, 6.07) is 18.6. The summed E-state index contributed by atoms with van der Waals surface area (Å²) < 4.78 is 5.11. The highest BCUT2D eigenvalue weighted by molar-refractivity contribution is 6.16. The summed E-state index contributed by atoms with van der Waals surface area (Å²) in [6.07, 6.45) is 0. The molecule has 1 aliphatic rings. The Morgan fingerprint density at radius 1 is 1.08 bits per heavy atom. The zero-order chi connectivity index (χ0) is 16.9. The number of hydrogen-bond donors (Lipinski definition) is 1. The molecule has 1 N–H and O–H groups in total. The van der Waals surface area contributed by atoms with Gasteiger partial charge in [0, 0.05) is 11.4 Å². The summed E-state index contributed by atoms with van der Waals surface area (Å²) in [7, 11) is 0. The molecule has 5 nitrogen and oxygen atoms in total. The van der Waals surface area contributed by atoms with Crippen molar-refractivity contribution in [3.63, 3.8) is 0 Å². The minimum Gasteiger partial charge on any atom is -0.463 e. The largest absolute Gasteiger partial charge is 0.463 e. The molecule has 0 radical (unpaired) electrons. The fourth-order valence-electron chi connectivity index (χ4n) is 2.57. The van der Waals surface area contributed by atoms with E-state index in [1.54, 1.807) is 11.8 Å². The maximum Gasteiger partial charge on any atom is 0.338 e. The van der Waals surface area contributed by atoms with Crippen LogP contribution in [0.4, 0.5) is 11.4 Å². The van der Waals surface area contributed by atoms with Crippen molar-refractivity contribution in [1.29, 1.82) is 0 Å². The van der Waals surface area contributed by atoms with Gasteiger partial charge in [-0.3, -0.25) is 4.79 Å². The van der Waals surface area contributed by atoms with Gasteiger partial charge < -0.3 is 15.0 Å². The van der Waals surface area contributed by atoms with Crippen LogP contribution in [0.15, 0.2) is 71.9 Å². The number of para-hydroxylation sites is 2. The van der Waals surface area contributed by atoms with E-state index in [0.717, 1.165) is 11.4 Å². The number of carbonyl (C=O) groups is 2. The van der Waals surface area contributed by atoms with Crippen molar-refractivity contribution in [3.8, 4) is 0 Å². The summed E-state index contributed by atoms with van der Waals surface area (Å²) in [5.41, 5.74) is 2.10. The lowest BCUT2D eigenvalue weighted by atomic mass is 10.2. The third-order valence-electron chi connectivity index (χ3n) is 3.71. The molecule has 24 heavy (non-hydrogen) atoms. The van der Waals surface area contributed by atoms with Crippen LogP contribution in [-0.2, 0) is 14.3 Å². The minimum absolute atomic E-state index is 0.191. The highest BCUT2D eigenvalue weighted by atomic mass is 16.5. The maximum absolute atomic E-state index is 12.8. The fraction of sp³-hybridized carbons (Fsp3) is 0.158. The molecule has 1 heterocycles. The second-order valence-electron chi connectivity index (χ2n) is 5.29. The van der Waals surface area contributed by atoms with Gasteiger partial charge in [0.2, 0.25) is 0 Å². The topological polar surface area (TPSA) is 58.6 Å². The number of nitrogens with zero attached hydrogens (tertiary/aromatic N) is 1. The molecule has 0 fully saturated rings. The number of hydrogen-bond acceptors (Lipinski definition) is 4. The van der Waals surface area contributed by atoms with E-state index in [4.69, 9.17) is 4.74 Å². The van der Waals surface area contributed by atoms with Crippen molar-refractivity contribution < 1.29 is 14.3 Å². The van der Waals surface area contributed by atoms with Crippen LogP contribution >= 0.6 is 0 Å².